The average molecular weight is 525 g/mol. The summed E-state index contributed by atoms with van der Waals surface area (Å²) in [5.41, 5.74) is 0.918. The Kier molecular flexibility index (Phi) is 6.89. The summed E-state index contributed by atoms with van der Waals surface area (Å²) in [4.78, 5) is 55.7. The summed E-state index contributed by atoms with van der Waals surface area (Å²) >= 11 is 0. The Morgan fingerprint density at radius 2 is 1.79 bits per heavy atom. The molecule has 0 saturated carbocycles. The van der Waals surface area contributed by atoms with Gasteiger partial charge in [-0.15, -0.1) is 0 Å². The molecule has 3 amide bonds. The largest absolute Gasteiger partial charge is 0.444 e. The third-order valence-electron chi connectivity index (χ3n) is 7.46. The van der Waals surface area contributed by atoms with Crippen molar-refractivity contribution in [1.29, 1.82) is 0 Å². The second-order valence-electron chi connectivity index (χ2n) is 11.6. The van der Waals surface area contributed by atoms with Gasteiger partial charge < -0.3 is 14.5 Å². The lowest BCUT2D eigenvalue weighted by Crippen LogP contribution is -2.57. The molecular formula is C27H36N6O5. The number of hydrogen-bond acceptors (Lipinski definition) is 8. The van der Waals surface area contributed by atoms with Gasteiger partial charge in [-0.25, -0.2) is 9.48 Å². The molecule has 5 rings (SSSR count). The van der Waals surface area contributed by atoms with E-state index in [0.29, 0.717) is 17.0 Å². The van der Waals surface area contributed by atoms with Crippen LogP contribution in [-0.4, -0.2) is 88.9 Å². The van der Waals surface area contributed by atoms with Crippen molar-refractivity contribution >= 4 is 34.4 Å². The molecule has 2 aromatic rings. The number of fused-ring (bicyclic) bond motifs is 1. The quantitative estimate of drug-likeness (QED) is 0.601. The second kappa shape index (κ2) is 10.0. The highest BCUT2D eigenvalue weighted by molar-refractivity contribution is 5.99. The molecule has 0 aliphatic carbocycles. The maximum absolute atomic E-state index is 13.2. The predicted molar refractivity (Wildman–Crippen MR) is 142 cm³/mol. The Labute approximate surface area is 221 Å². The molecular weight excluding hydrogens is 488 g/mol. The Morgan fingerprint density at radius 1 is 1.08 bits per heavy atom. The van der Waals surface area contributed by atoms with Crippen LogP contribution in [0.3, 0.4) is 0 Å². The van der Waals surface area contributed by atoms with Gasteiger partial charge in [-0.2, -0.15) is 5.10 Å². The summed E-state index contributed by atoms with van der Waals surface area (Å²) < 4.78 is 6.67. The topological polar surface area (TPSA) is 117 Å². The molecule has 4 heterocycles. The summed E-state index contributed by atoms with van der Waals surface area (Å²) in [6, 6.07) is 5.01. The van der Waals surface area contributed by atoms with Crippen LogP contribution in [0.2, 0.25) is 0 Å². The number of amides is 3. The molecule has 1 unspecified atom stereocenters. The number of anilines is 1. The number of nitrogens with zero attached hydrogens (tertiary/aromatic N) is 5. The number of carbonyl (C=O) groups excluding carboxylic acids is 3. The summed E-state index contributed by atoms with van der Waals surface area (Å²) in [5, 5.41) is 8.05. The number of rotatable bonds is 4. The first-order chi connectivity index (χ1) is 18.0. The number of hydrogen-bond donors (Lipinski definition) is 1. The van der Waals surface area contributed by atoms with Gasteiger partial charge in [0.25, 0.3) is 11.5 Å². The van der Waals surface area contributed by atoms with E-state index >= 15 is 0 Å². The van der Waals surface area contributed by atoms with Gasteiger partial charge in [0.1, 0.15) is 11.6 Å². The standard InChI is InChI=1S/C27H36N6O5/c1-17-21-13-19(5-6-20(21)25(36)33(29-17)22-7-8-23(34)28-24(22)35)31-11-9-30(10-12-31)14-18-15-32(16-18)26(37)38-27(2,3)4/h5-6,13,18,22H,7-12,14-16H2,1-4H3,(H,28,34,35). The monoisotopic (exact) mass is 524 g/mol. The van der Waals surface area contributed by atoms with Gasteiger partial charge in [-0.3, -0.25) is 24.6 Å². The van der Waals surface area contributed by atoms with E-state index in [1.165, 1.54) is 4.68 Å². The number of nitrogens with one attached hydrogen (secondary N) is 1. The number of imide groups is 1. The van der Waals surface area contributed by atoms with Crippen LogP contribution in [0.5, 0.6) is 0 Å². The van der Waals surface area contributed by atoms with Crippen LogP contribution in [0.15, 0.2) is 23.0 Å². The molecule has 3 aliphatic rings. The summed E-state index contributed by atoms with van der Waals surface area (Å²) in [5.74, 6) is -0.337. The van der Waals surface area contributed by atoms with Crippen LogP contribution in [0.1, 0.15) is 45.3 Å². The predicted octanol–water partition coefficient (Wildman–Crippen LogP) is 1.67. The molecule has 0 bridgehead atoms. The first kappa shape index (κ1) is 26.1. The van der Waals surface area contributed by atoms with E-state index in [1.807, 2.05) is 45.9 Å². The highest BCUT2D eigenvalue weighted by atomic mass is 16.6. The van der Waals surface area contributed by atoms with E-state index < -0.39 is 17.6 Å². The maximum atomic E-state index is 13.2. The van der Waals surface area contributed by atoms with Crippen molar-refractivity contribution in [2.75, 3.05) is 50.7 Å². The van der Waals surface area contributed by atoms with Crippen LogP contribution in [0.25, 0.3) is 10.8 Å². The first-order valence-electron chi connectivity index (χ1n) is 13.3. The molecule has 3 fully saturated rings. The van der Waals surface area contributed by atoms with E-state index in [0.717, 1.165) is 56.9 Å². The number of benzene rings is 1. The Hall–Kier alpha value is -3.47. The van der Waals surface area contributed by atoms with Gasteiger partial charge in [0.2, 0.25) is 5.91 Å². The summed E-state index contributed by atoms with van der Waals surface area (Å²) in [6.45, 7) is 13.5. The molecule has 1 atom stereocenters. The van der Waals surface area contributed by atoms with Crippen molar-refractivity contribution in [1.82, 2.24) is 24.9 Å². The van der Waals surface area contributed by atoms with E-state index in [2.05, 4.69) is 20.2 Å². The fourth-order valence-electron chi connectivity index (χ4n) is 5.44. The fourth-order valence-corrected chi connectivity index (χ4v) is 5.44. The third-order valence-corrected chi connectivity index (χ3v) is 7.46. The molecule has 1 aromatic carbocycles. The molecule has 204 valence electrons. The Morgan fingerprint density at radius 3 is 2.45 bits per heavy atom. The van der Waals surface area contributed by atoms with E-state index in [-0.39, 0.29) is 30.4 Å². The Balaban J connectivity index is 1.19. The van der Waals surface area contributed by atoms with Gasteiger partial charge in [0, 0.05) is 69.2 Å². The number of carbonyl (C=O) groups is 3. The van der Waals surface area contributed by atoms with E-state index in [4.69, 9.17) is 4.74 Å². The number of piperazine rings is 1. The van der Waals surface area contributed by atoms with Gasteiger partial charge in [-0.1, -0.05) is 0 Å². The van der Waals surface area contributed by atoms with E-state index in [1.54, 1.807) is 4.90 Å². The molecule has 0 spiro atoms. The van der Waals surface area contributed by atoms with Crippen LogP contribution in [0.4, 0.5) is 10.5 Å². The minimum absolute atomic E-state index is 0.190. The zero-order chi connectivity index (χ0) is 27.2. The maximum Gasteiger partial charge on any atom is 0.410 e. The Bertz CT molecular complexity index is 1320. The van der Waals surface area contributed by atoms with Crippen molar-refractivity contribution in [3.8, 4) is 0 Å². The number of ether oxygens (including phenoxy) is 1. The number of likely N-dealkylation sites (tertiary alicyclic amines) is 1. The first-order valence-corrected chi connectivity index (χ1v) is 13.3. The molecule has 1 N–H and O–H groups in total. The van der Waals surface area contributed by atoms with Crippen molar-refractivity contribution in [2.45, 2.75) is 52.2 Å². The lowest BCUT2D eigenvalue weighted by Gasteiger charge is -2.44. The summed E-state index contributed by atoms with van der Waals surface area (Å²) in [7, 11) is 0. The van der Waals surface area contributed by atoms with Gasteiger partial charge in [-0.05, 0) is 52.3 Å². The second-order valence-corrected chi connectivity index (χ2v) is 11.6. The molecule has 3 saturated heterocycles. The fraction of sp³-hybridized carbons (Fsp3) is 0.593. The molecule has 0 radical (unpaired) electrons. The van der Waals surface area contributed by atoms with Crippen LogP contribution < -0.4 is 15.8 Å². The minimum Gasteiger partial charge on any atom is -0.444 e. The molecule has 11 nitrogen and oxygen atoms in total. The zero-order valence-electron chi connectivity index (χ0n) is 22.5. The minimum atomic E-state index is -0.775. The number of aromatic nitrogens is 2. The number of aryl methyl sites for hydroxylation is 1. The lowest BCUT2D eigenvalue weighted by atomic mass is 9.99. The van der Waals surface area contributed by atoms with E-state index in [9.17, 15) is 19.2 Å². The number of piperidine rings is 1. The highest BCUT2D eigenvalue weighted by Crippen LogP contribution is 2.26. The average Bonchev–Trinajstić information content (AvgIpc) is 2.82. The van der Waals surface area contributed by atoms with Crippen LogP contribution in [0, 0.1) is 12.8 Å². The smallest absolute Gasteiger partial charge is 0.410 e. The highest BCUT2D eigenvalue weighted by Gasteiger charge is 2.35. The van der Waals surface area contributed by atoms with Crippen LogP contribution in [-0.2, 0) is 14.3 Å². The van der Waals surface area contributed by atoms with Gasteiger partial charge in [0.05, 0.1) is 11.1 Å². The van der Waals surface area contributed by atoms with Crippen molar-refractivity contribution < 1.29 is 19.1 Å². The SMILES string of the molecule is Cc1nn(C2CCC(=O)NC2=O)c(=O)c2ccc(N3CCN(CC4CN(C(=O)OC(C)(C)C)C4)CC3)cc12. The van der Waals surface area contributed by atoms with Gasteiger partial charge in [0.15, 0.2) is 0 Å². The van der Waals surface area contributed by atoms with Crippen molar-refractivity contribution in [3.05, 3.63) is 34.2 Å². The van der Waals surface area contributed by atoms with Crippen molar-refractivity contribution in [2.24, 2.45) is 5.92 Å². The molecule has 38 heavy (non-hydrogen) atoms. The normalized spacial score (nSPS) is 21.4. The van der Waals surface area contributed by atoms with Gasteiger partial charge >= 0.3 is 6.09 Å². The molecule has 11 heteroatoms. The zero-order valence-corrected chi connectivity index (χ0v) is 22.5. The van der Waals surface area contributed by atoms with Crippen molar-refractivity contribution in [3.63, 3.8) is 0 Å². The summed E-state index contributed by atoms with van der Waals surface area (Å²) in [6.07, 6.45) is 0.226. The molecule has 1 aromatic heterocycles. The molecule has 3 aliphatic heterocycles. The third kappa shape index (κ3) is 5.38. The lowest BCUT2D eigenvalue weighted by molar-refractivity contribution is -0.136. The van der Waals surface area contributed by atoms with Crippen LogP contribution >= 0.6 is 0 Å².